The number of nitrogen functional groups attached to an aromatic ring is 1. The summed E-state index contributed by atoms with van der Waals surface area (Å²) in [7, 11) is 2.03. The van der Waals surface area contributed by atoms with Crippen molar-refractivity contribution in [3.8, 4) is 0 Å². The van der Waals surface area contributed by atoms with Crippen LogP contribution in [0.15, 0.2) is 42.6 Å². The molecule has 0 atom stereocenters. The second-order valence-electron chi connectivity index (χ2n) is 4.59. The molecule has 0 bridgehead atoms. The first-order valence-electron chi connectivity index (χ1n) is 6.14. The summed E-state index contributed by atoms with van der Waals surface area (Å²) >= 11 is 0. The molecule has 0 spiro atoms. The molecular weight excluding hydrogens is 236 g/mol. The van der Waals surface area contributed by atoms with Crippen molar-refractivity contribution < 1.29 is 0 Å². The summed E-state index contributed by atoms with van der Waals surface area (Å²) in [6, 6.07) is 11.7. The minimum absolute atomic E-state index is 0.0991. The zero-order chi connectivity index (χ0) is 13.8. The maximum absolute atomic E-state index is 7.44. The van der Waals surface area contributed by atoms with Crippen molar-refractivity contribution in [2.45, 2.75) is 13.5 Å². The van der Waals surface area contributed by atoms with Gasteiger partial charge in [-0.1, -0.05) is 6.07 Å². The maximum Gasteiger partial charge on any atom is 0.122 e. The van der Waals surface area contributed by atoms with Crippen molar-refractivity contribution in [3.63, 3.8) is 0 Å². The molecule has 1 aromatic heterocycles. The topological polar surface area (TPSA) is 66.0 Å². The fraction of sp³-hybridized carbons (Fsp3) is 0.200. The minimum atomic E-state index is 0.0991. The third-order valence-corrected chi connectivity index (χ3v) is 3.04. The van der Waals surface area contributed by atoms with Gasteiger partial charge < -0.3 is 10.6 Å². The zero-order valence-corrected chi connectivity index (χ0v) is 11.2. The molecule has 2 rings (SSSR count). The second-order valence-corrected chi connectivity index (χ2v) is 4.59. The van der Waals surface area contributed by atoms with Crippen LogP contribution in [0.25, 0.3) is 0 Å². The van der Waals surface area contributed by atoms with E-state index in [4.69, 9.17) is 11.1 Å². The number of anilines is 1. The lowest BCUT2D eigenvalue weighted by atomic mass is 10.1. The number of amidine groups is 1. The Morgan fingerprint density at radius 1 is 1.32 bits per heavy atom. The smallest absolute Gasteiger partial charge is 0.122 e. The summed E-state index contributed by atoms with van der Waals surface area (Å²) in [5.74, 6) is 0.0991. The van der Waals surface area contributed by atoms with Crippen molar-refractivity contribution in [1.82, 2.24) is 4.98 Å². The van der Waals surface area contributed by atoms with Gasteiger partial charge in [-0.15, -0.1) is 0 Å². The van der Waals surface area contributed by atoms with E-state index in [2.05, 4.69) is 9.88 Å². The summed E-state index contributed by atoms with van der Waals surface area (Å²) in [5, 5.41) is 7.44. The molecule has 0 radical (unpaired) electrons. The largest absolute Gasteiger partial charge is 0.384 e. The van der Waals surface area contributed by atoms with Crippen LogP contribution in [0.4, 0.5) is 5.69 Å². The molecule has 0 saturated carbocycles. The van der Waals surface area contributed by atoms with Gasteiger partial charge in [-0.2, -0.15) is 0 Å². The van der Waals surface area contributed by atoms with Crippen molar-refractivity contribution in [3.05, 3.63) is 59.4 Å². The Labute approximate surface area is 113 Å². The van der Waals surface area contributed by atoms with Crippen molar-refractivity contribution in [1.29, 1.82) is 5.41 Å². The number of aryl methyl sites for hydroxylation is 1. The molecule has 0 unspecified atom stereocenters. The molecule has 4 nitrogen and oxygen atoms in total. The van der Waals surface area contributed by atoms with Crippen molar-refractivity contribution in [2.75, 3.05) is 11.9 Å². The summed E-state index contributed by atoms with van der Waals surface area (Å²) < 4.78 is 0. The first-order valence-corrected chi connectivity index (χ1v) is 6.14. The summed E-state index contributed by atoms with van der Waals surface area (Å²) in [5.41, 5.74) is 9.50. The molecule has 0 aliphatic rings. The number of hydrogen-bond donors (Lipinski definition) is 2. The van der Waals surface area contributed by atoms with E-state index in [0.717, 1.165) is 29.1 Å². The molecule has 19 heavy (non-hydrogen) atoms. The standard InChI is InChI=1S/C15H18N4/c1-11-9-12(15(16)17)6-7-14(11)19(2)10-13-5-3-4-8-18-13/h3-9H,10H2,1-2H3,(H3,16,17). The average molecular weight is 254 g/mol. The Kier molecular flexibility index (Phi) is 3.80. The van der Waals surface area contributed by atoms with Crippen LogP contribution in [-0.4, -0.2) is 17.9 Å². The van der Waals surface area contributed by atoms with Crippen molar-refractivity contribution in [2.24, 2.45) is 5.73 Å². The van der Waals surface area contributed by atoms with Gasteiger partial charge in [0, 0.05) is 24.5 Å². The van der Waals surface area contributed by atoms with Crippen LogP contribution in [0, 0.1) is 12.3 Å². The predicted molar refractivity (Wildman–Crippen MR) is 78.5 cm³/mol. The molecule has 1 aromatic carbocycles. The highest BCUT2D eigenvalue weighted by molar-refractivity contribution is 5.95. The van der Waals surface area contributed by atoms with Crippen LogP contribution >= 0.6 is 0 Å². The Hall–Kier alpha value is -2.36. The van der Waals surface area contributed by atoms with Crippen LogP contribution in [0.3, 0.4) is 0 Å². The minimum Gasteiger partial charge on any atom is -0.384 e. The molecule has 0 aliphatic heterocycles. The molecule has 0 saturated heterocycles. The van der Waals surface area contributed by atoms with Crippen LogP contribution in [0.1, 0.15) is 16.8 Å². The maximum atomic E-state index is 7.44. The third kappa shape index (κ3) is 3.10. The lowest BCUT2D eigenvalue weighted by molar-refractivity contribution is 0.881. The number of nitrogens with two attached hydrogens (primary N) is 1. The van der Waals surface area contributed by atoms with Gasteiger partial charge in [0.15, 0.2) is 0 Å². The lowest BCUT2D eigenvalue weighted by Gasteiger charge is -2.21. The normalized spacial score (nSPS) is 10.2. The van der Waals surface area contributed by atoms with Crippen LogP contribution < -0.4 is 10.6 Å². The van der Waals surface area contributed by atoms with E-state index in [-0.39, 0.29) is 5.84 Å². The molecule has 1 heterocycles. The van der Waals surface area contributed by atoms with Crippen LogP contribution in [0.5, 0.6) is 0 Å². The quantitative estimate of drug-likeness (QED) is 0.650. The van der Waals surface area contributed by atoms with Gasteiger partial charge in [-0.25, -0.2) is 0 Å². The molecule has 3 N–H and O–H groups in total. The van der Waals surface area contributed by atoms with Crippen molar-refractivity contribution >= 4 is 11.5 Å². The number of nitrogens with zero attached hydrogens (tertiary/aromatic N) is 2. The number of pyridine rings is 1. The molecular formula is C15H18N4. The Morgan fingerprint density at radius 3 is 2.68 bits per heavy atom. The Morgan fingerprint density at radius 2 is 2.11 bits per heavy atom. The summed E-state index contributed by atoms with van der Waals surface area (Å²) in [6.45, 7) is 2.78. The lowest BCUT2D eigenvalue weighted by Crippen LogP contribution is -2.19. The summed E-state index contributed by atoms with van der Waals surface area (Å²) in [6.07, 6.45) is 1.80. The molecule has 98 valence electrons. The van der Waals surface area contributed by atoms with Crippen LogP contribution in [0.2, 0.25) is 0 Å². The highest BCUT2D eigenvalue weighted by Crippen LogP contribution is 2.21. The van der Waals surface area contributed by atoms with Gasteiger partial charge >= 0.3 is 0 Å². The zero-order valence-electron chi connectivity index (χ0n) is 11.2. The van der Waals surface area contributed by atoms with E-state index in [0.29, 0.717) is 0 Å². The van der Waals surface area contributed by atoms with E-state index in [1.165, 1.54) is 0 Å². The monoisotopic (exact) mass is 254 g/mol. The Bertz CT molecular complexity index is 578. The molecule has 2 aromatic rings. The number of nitrogens with one attached hydrogen (secondary N) is 1. The van der Waals surface area contributed by atoms with Gasteiger partial charge in [-0.3, -0.25) is 10.4 Å². The van der Waals surface area contributed by atoms with E-state index >= 15 is 0 Å². The first kappa shape index (κ1) is 13.1. The van der Waals surface area contributed by atoms with E-state index in [1.807, 2.05) is 50.4 Å². The molecule has 0 fully saturated rings. The van der Waals surface area contributed by atoms with Gasteiger partial charge in [-0.05, 0) is 42.8 Å². The third-order valence-electron chi connectivity index (χ3n) is 3.04. The number of hydrogen-bond acceptors (Lipinski definition) is 3. The Balaban J connectivity index is 2.20. The number of rotatable bonds is 4. The van der Waals surface area contributed by atoms with Gasteiger partial charge in [0.1, 0.15) is 5.84 Å². The second kappa shape index (κ2) is 5.52. The summed E-state index contributed by atoms with van der Waals surface area (Å²) in [4.78, 5) is 6.46. The van der Waals surface area contributed by atoms with E-state index in [9.17, 15) is 0 Å². The molecule has 0 amide bonds. The highest BCUT2D eigenvalue weighted by Gasteiger charge is 2.07. The number of benzene rings is 1. The van der Waals surface area contributed by atoms with Gasteiger partial charge in [0.25, 0.3) is 0 Å². The molecule has 0 aliphatic carbocycles. The van der Waals surface area contributed by atoms with Crippen LogP contribution in [-0.2, 0) is 6.54 Å². The fourth-order valence-corrected chi connectivity index (χ4v) is 2.07. The van der Waals surface area contributed by atoms with Gasteiger partial charge in [0.2, 0.25) is 0 Å². The van der Waals surface area contributed by atoms with Gasteiger partial charge in [0.05, 0.1) is 12.2 Å². The number of aromatic nitrogens is 1. The van der Waals surface area contributed by atoms with E-state index < -0.39 is 0 Å². The first-order chi connectivity index (χ1) is 9.08. The highest BCUT2D eigenvalue weighted by atomic mass is 15.1. The predicted octanol–water partition coefficient (Wildman–Crippen LogP) is 2.31. The fourth-order valence-electron chi connectivity index (χ4n) is 2.07. The SMILES string of the molecule is Cc1cc(C(=N)N)ccc1N(C)Cc1ccccn1. The average Bonchev–Trinajstić information content (AvgIpc) is 2.39. The molecule has 4 heteroatoms. The van der Waals surface area contributed by atoms with E-state index in [1.54, 1.807) is 6.20 Å².